The number of ether oxygens (including phenoxy) is 3. The highest BCUT2D eigenvalue weighted by molar-refractivity contribution is 5.96. The number of fused-ring (bicyclic) bond motifs is 1. The van der Waals surface area contributed by atoms with Crippen molar-refractivity contribution in [2.75, 3.05) is 13.7 Å². The maximum atomic E-state index is 14.4. The Labute approximate surface area is 311 Å². The van der Waals surface area contributed by atoms with Crippen LogP contribution in [0, 0.1) is 23.2 Å². The molecule has 282 valence electrons. The highest BCUT2D eigenvalue weighted by Crippen LogP contribution is 2.47. The van der Waals surface area contributed by atoms with Crippen LogP contribution in [-0.4, -0.2) is 66.1 Å². The van der Waals surface area contributed by atoms with E-state index < -0.39 is 52.7 Å². The molecule has 3 saturated carbocycles. The lowest BCUT2D eigenvalue weighted by Crippen LogP contribution is -2.57. The third kappa shape index (κ3) is 8.19. The smallest absolute Gasteiger partial charge is 0.332 e. The van der Waals surface area contributed by atoms with Crippen LogP contribution >= 0.6 is 0 Å². The Balaban J connectivity index is 1.31. The van der Waals surface area contributed by atoms with Gasteiger partial charge in [-0.15, -0.1) is 6.58 Å². The van der Waals surface area contributed by atoms with E-state index in [1.165, 1.54) is 0 Å². The van der Waals surface area contributed by atoms with E-state index in [1.807, 2.05) is 75.4 Å². The van der Waals surface area contributed by atoms with Crippen molar-refractivity contribution in [3.8, 4) is 22.8 Å². The van der Waals surface area contributed by atoms with Crippen molar-refractivity contribution < 1.29 is 33.4 Å². The summed E-state index contributed by atoms with van der Waals surface area (Å²) in [7, 11) is 1.60. The minimum atomic E-state index is -1.23. The van der Waals surface area contributed by atoms with Crippen molar-refractivity contribution in [1.82, 2.24) is 20.9 Å². The Morgan fingerprint density at radius 1 is 1.00 bits per heavy atom. The Kier molecular flexibility index (Phi) is 11.1. The van der Waals surface area contributed by atoms with Gasteiger partial charge in [-0.05, 0) is 56.6 Å². The van der Waals surface area contributed by atoms with E-state index in [0.29, 0.717) is 29.1 Å². The lowest BCUT2D eigenvalue weighted by Gasteiger charge is -2.33. The molecule has 3 amide bonds. The SMILES string of the molecule is C=C[C@@H]1C[C@]1(NC(=O)[C@@H]1C[C@@H](Oc2cc(-c3ccccc3)nc3cc(OC)ccc23)C[C@H]1C(=O)N[C@H](C(=O)NC1CCCC1)C(C)(C)C)C(=O)OCC. The summed E-state index contributed by atoms with van der Waals surface area (Å²) in [6, 6.07) is 16.5. The van der Waals surface area contributed by atoms with Gasteiger partial charge in [0, 0.05) is 35.0 Å². The van der Waals surface area contributed by atoms with Crippen molar-refractivity contribution >= 4 is 34.6 Å². The van der Waals surface area contributed by atoms with Gasteiger partial charge in [0.05, 0.1) is 36.8 Å². The van der Waals surface area contributed by atoms with Crippen LogP contribution in [0.3, 0.4) is 0 Å². The summed E-state index contributed by atoms with van der Waals surface area (Å²) < 4.78 is 17.6. The zero-order valence-corrected chi connectivity index (χ0v) is 31.4. The lowest BCUT2D eigenvalue weighted by atomic mass is 9.84. The van der Waals surface area contributed by atoms with Crippen LogP contribution in [0.25, 0.3) is 22.2 Å². The van der Waals surface area contributed by atoms with Crippen LogP contribution in [-0.2, 0) is 23.9 Å². The van der Waals surface area contributed by atoms with Gasteiger partial charge < -0.3 is 30.2 Å². The predicted molar refractivity (Wildman–Crippen MR) is 202 cm³/mol. The van der Waals surface area contributed by atoms with Gasteiger partial charge >= 0.3 is 5.97 Å². The molecule has 0 spiro atoms. The Bertz CT molecular complexity index is 1850. The third-order valence-electron chi connectivity index (χ3n) is 10.9. The van der Waals surface area contributed by atoms with E-state index in [-0.39, 0.29) is 37.3 Å². The molecule has 0 radical (unpaired) electrons. The van der Waals surface area contributed by atoms with Gasteiger partial charge in [-0.2, -0.15) is 0 Å². The maximum absolute atomic E-state index is 14.4. The van der Waals surface area contributed by atoms with Crippen LogP contribution in [0.15, 0.2) is 67.3 Å². The van der Waals surface area contributed by atoms with E-state index >= 15 is 0 Å². The summed E-state index contributed by atoms with van der Waals surface area (Å²) in [6.45, 7) is 11.5. The molecular formula is C42H52N4O7. The number of carbonyl (C=O) groups excluding carboxylic acids is 4. The number of carbonyl (C=O) groups is 4. The summed E-state index contributed by atoms with van der Waals surface area (Å²) in [4.78, 5) is 60.3. The average molecular weight is 725 g/mol. The summed E-state index contributed by atoms with van der Waals surface area (Å²) in [5, 5.41) is 9.90. The molecule has 3 aromatic rings. The first-order valence-corrected chi connectivity index (χ1v) is 18.8. The van der Waals surface area contributed by atoms with Crippen molar-refractivity contribution in [3.05, 3.63) is 67.3 Å². The van der Waals surface area contributed by atoms with Crippen LogP contribution in [0.2, 0.25) is 0 Å². The summed E-state index contributed by atoms with van der Waals surface area (Å²) in [5.41, 5.74) is 0.440. The molecular weight excluding hydrogens is 672 g/mol. The standard InChI is InChI=1S/C42H52N4O7/c1-7-26-24-42(26,40(50)52-8-2)46-38(48)32-21-29(20-31(32)37(47)45-36(41(3,4)5)39(49)43-27-16-12-13-17-27)53-35-23-33(25-14-10-9-11-15-25)44-34-22-28(51-6)18-19-30(34)35/h7,9-11,14-15,18-19,22-23,26-27,29,31-32,36H,1,8,12-13,16-17,20-21,24H2,2-6H3,(H,43,49)(H,45,47)(H,46,48)/t26-,29+,31-,32-,36-,42-/m1/s1. The van der Waals surface area contributed by atoms with E-state index in [0.717, 1.165) is 36.6 Å². The van der Waals surface area contributed by atoms with Gasteiger partial charge in [0.1, 0.15) is 29.2 Å². The number of esters is 1. The molecule has 11 heteroatoms. The van der Waals surface area contributed by atoms with E-state index in [2.05, 4.69) is 22.5 Å². The Hall–Kier alpha value is -4.93. The summed E-state index contributed by atoms with van der Waals surface area (Å²) >= 11 is 0. The second-order valence-corrected chi connectivity index (χ2v) is 15.7. The van der Waals surface area contributed by atoms with E-state index in [1.54, 1.807) is 20.1 Å². The molecule has 0 aliphatic heterocycles. The van der Waals surface area contributed by atoms with Crippen LogP contribution in [0.1, 0.15) is 72.6 Å². The zero-order chi connectivity index (χ0) is 37.9. The van der Waals surface area contributed by atoms with Gasteiger partial charge in [-0.1, -0.05) is 70.0 Å². The fraction of sp³-hybridized carbons (Fsp3) is 0.500. The van der Waals surface area contributed by atoms with Gasteiger partial charge in [0.15, 0.2) is 0 Å². The second-order valence-electron chi connectivity index (χ2n) is 15.7. The number of aromatic nitrogens is 1. The molecule has 0 saturated heterocycles. The summed E-state index contributed by atoms with van der Waals surface area (Å²) in [5.74, 6) is -2.37. The molecule has 3 N–H and O–H groups in total. The maximum Gasteiger partial charge on any atom is 0.332 e. The fourth-order valence-electron chi connectivity index (χ4n) is 7.86. The number of hydrogen-bond acceptors (Lipinski definition) is 8. The predicted octanol–water partition coefficient (Wildman–Crippen LogP) is 5.90. The Morgan fingerprint density at radius 3 is 2.32 bits per heavy atom. The normalized spacial score (nSPS) is 24.5. The first-order chi connectivity index (χ1) is 25.4. The van der Waals surface area contributed by atoms with E-state index in [4.69, 9.17) is 19.2 Å². The molecule has 3 aliphatic carbocycles. The van der Waals surface area contributed by atoms with Gasteiger partial charge in [-0.3, -0.25) is 14.4 Å². The average Bonchev–Trinajstić information content (AvgIpc) is 3.40. The monoisotopic (exact) mass is 724 g/mol. The molecule has 6 atom stereocenters. The Morgan fingerprint density at radius 2 is 1.70 bits per heavy atom. The number of pyridine rings is 1. The van der Waals surface area contributed by atoms with Crippen LogP contribution in [0.5, 0.6) is 11.5 Å². The fourth-order valence-corrected chi connectivity index (χ4v) is 7.86. The molecule has 3 fully saturated rings. The van der Waals surface area contributed by atoms with Crippen molar-refractivity contribution in [1.29, 1.82) is 0 Å². The number of hydrogen-bond donors (Lipinski definition) is 3. The molecule has 1 aromatic heterocycles. The van der Waals surface area contributed by atoms with Gasteiger partial charge in [0.25, 0.3) is 0 Å². The quantitative estimate of drug-likeness (QED) is 0.146. The van der Waals surface area contributed by atoms with E-state index in [9.17, 15) is 19.2 Å². The first-order valence-electron chi connectivity index (χ1n) is 18.8. The zero-order valence-electron chi connectivity index (χ0n) is 31.4. The number of amides is 3. The van der Waals surface area contributed by atoms with Gasteiger partial charge in [0.2, 0.25) is 17.7 Å². The molecule has 1 heterocycles. The van der Waals surface area contributed by atoms with Crippen molar-refractivity contribution in [2.45, 2.75) is 96.4 Å². The number of rotatable bonds is 13. The molecule has 0 unspecified atom stereocenters. The van der Waals surface area contributed by atoms with Gasteiger partial charge in [-0.25, -0.2) is 9.78 Å². The minimum Gasteiger partial charge on any atom is -0.497 e. The number of nitrogens with one attached hydrogen (secondary N) is 3. The number of methoxy groups -OCH3 is 1. The topological polar surface area (TPSA) is 145 Å². The molecule has 11 nitrogen and oxygen atoms in total. The molecule has 53 heavy (non-hydrogen) atoms. The first kappa shape index (κ1) is 37.8. The van der Waals surface area contributed by atoms with Crippen molar-refractivity contribution in [3.63, 3.8) is 0 Å². The lowest BCUT2D eigenvalue weighted by molar-refractivity contribution is -0.150. The highest BCUT2D eigenvalue weighted by atomic mass is 16.5. The van der Waals surface area contributed by atoms with Crippen molar-refractivity contribution in [2.24, 2.45) is 23.2 Å². The van der Waals surface area contributed by atoms with Crippen LogP contribution in [0.4, 0.5) is 0 Å². The van der Waals surface area contributed by atoms with Crippen LogP contribution < -0.4 is 25.4 Å². The molecule has 2 aromatic carbocycles. The molecule has 0 bridgehead atoms. The number of benzene rings is 2. The minimum absolute atomic E-state index is 0.0818. The molecule has 6 rings (SSSR count). The third-order valence-corrected chi connectivity index (χ3v) is 10.9. The largest absolute Gasteiger partial charge is 0.497 e. The highest BCUT2D eigenvalue weighted by Gasteiger charge is 2.62. The number of nitrogens with zero attached hydrogens (tertiary/aromatic N) is 1. The second kappa shape index (κ2) is 15.6. The molecule has 3 aliphatic rings. The summed E-state index contributed by atoms with van der Waals surface area (Å²) in [6.07, 6.45) is 5.83.